The van der Waals surface area contributed by atoms with Crippen LogP contribution < -0.4 is 5.73 Å². The van der Waals surface area contributed by atoms with Crippen LogP contribution in [0.5, 0.6) is 0 Å². The van der Waals surface area contributed by atoms with E-state index in [9.17, 15) is 4.79 Å². The minimum atomic E-state index is -0.226. The van der Waals surface area contributed by atoms with E-state index in [4.69, 9.17) is 5.73 Å². The molecule has 0 bridgehead atoms. The zero-order chi connectivity index (χ0) is 11.7. The van der Waals surface area contributed by atoms with Crippen LogP contribution in [0.15, 0.2) is 0 Å². The number of ketones is 1. The van der Waals surface area contributed by atoms with E-state index in [0.717, 1.165) is 12.8 Å². The second-order valence-electron chi connectivity index (χ2n) is 4.87. The molecule has 15 heavy (non-hydrogen) atoms. The standard InChI is InChI=1S/C13H27NO/c1-4-5-6-7-8-9-13(15)12(14)10-11(2)3/h11-12H,4-10,14H2,1-3H3. The number of carbonyl (C=O) groups is 1. The second kappa shape index (κ2) is 8.90. The molecule has 0 aromatic rings. The van der Waals surface area contributed by atoms with Gasteiger partial charge in [0.05, 0.1) is 6.04 Å². The van der Waals surface area contributed by atoms with Crippen LogP contribution >= 0.6 is 0 Å². The minimum Gasteiger partial charge on any atom is -0.322 e. The zero-order valence-corrected chi connectivity index (χ0v) is 10.6. The first kappa shape index (κ1) is 14.6. The highest BCUT2D eigenvalue weighted by molar-refractivity contribution is 5.83. The molecular weight excluding hydrogens is 186 g/mol. The number of hydrogen-bond acceptors (Lipinski definition) is 2. The van der Waals surface area contributed by atoms with E-state index in [-0.39, 0.29) is 11.8 Å². The summed E-state index contributed by atoms with van der Waals surface area (Å²) >= 11 is 0. The van der Waals surface area contributed by atoms with Gasteiger partial charge in [-0.3, -0.25) is 4.79 Å². The normalized spacial score (nSPS) is 13.1. The number of rotatable bonds is 9. The summed E-state index contributed by atoms with van der Waals surface area (Å²) in [6.07, 6.45) is 7.49. The van der Waals surface area contributed by atoms with Gasteiger partial charge in [-0.15, -0.1) is 0 Å². The van der Waals surface area contributed by atoms with Crippen LogP contribution in [0.25, 0.3) is 0 Å². The van der Waals surface area contributed by atoms with Crippen LogP contribution in [-0.4, -0.2) is 11.8 Å². The van der Waals surface area contributed by atoms with Gasteiger partial charge < -0.3 is 5.73 Å². The Bertz CT molecular complexity index is 166. The highest BCUT2D eigenvalue weighted by Crippen LogP contribution is 2.09. The van der Waals surface area contributed by atoms with E-state index in [1.807, 2.05) is 0 Å². The molecule has 0 aromatic carbocycles. The molecule has 0 spiro atoms. The van der Waals surface area contributed by atoms with Gasteiger partial charge in [0.2, 0.25) is 0 Å². The lowest BCUT2D eigenvalue weighted by molar-refractivity contribution is -0.120. The van der Waals surface area contributed by atoms with E-state index in [1.54, 1.807) is 0 Å². The summed E-state index contributed by atoms with van der Waals surface area (Å²) in [4.78, 5) is 11.6. The van der Waals surface area contributed by atoms with Gasteiger partial charge in [-0.05, 0) is 18.8 Å². The quantitative estimate of drug-likeness (QED) is 0.597. The van der Waals surface area contributed by atoms with Crippen molar-refractivity contribution in [1.29, 1.82) is 0 Å². The summed E-state index contributed by atoms with van der Waals surface area (Å²) in [6, 6.07) is -0.226. The Labute approximate surface area is 94.6 Å². The fourth-order valence-electron chi connectivity index (χ4n) is 1.73. The van der Waals surface area contributed by atoms with Crippen molar-refractivity contribution >= 4 is 5.78 Å². The van der Waals surface area contributed by atoms with Crippen molar-refractivity contribution in [3.63, 3.8) is 0 Å². The lowest BCUT2D eigenvalue weighted by Crippen LogP contribution is -2.31. The Kier molecular flexibility index (Phi) is 8.68. The van der Waals surface area contributed by atoms with E-state index >= 15 is 0 Å². The van der Waals surface area contributed by atoms with Gasteiger partial charge in [-0.2, -0.15) is 0 Å². The molecule has 0 rings (SSSR count). The maximum absolute atomic E-state index is 11.6. The van der Waals surface area contributed by atoms with Crippen LogP contribution in [0.2, 0.25) is 0 Å². The summed E-state index contributed by atoms with van der Waals surface area (Å²) in [5, 5.41) is 0. The fourth-order valence-corrected chi connectivity index (χ4v) is 1.73. The molecule has 0 heterocycles. The van der Waals surface area contributed by atoms with E-state index < -0.39 is 0 Å². The SMILES string of the molecule is CCCCCCCC(=O)C(N)CC(C)C. The predicted molar refractivity (Wildman–Crippen MR) is 65.8 cm³/mol. The van der Waals surface area contributed by atoms with Gasteiger partial charge in [0, 0.05) is 6.42 Å². The highest BCUT2D eigenvalue weighted by atomic mass is 16.1. The van der Waals surface area contributed by atoms with Crippen LogP contribution in [0.3, 0.4) is 0 Å². The van der Waals surface area contributed by atoms with Crippen LogP contribution in [0.4, 0.5) is 0 Å². The number of unbranched alkanes of at least 4 members (excludes halogenated alkanes) is 4. The first-order valence-electron chi connectivity index (χ1n) is 6.36. The Hall–Kier alpha value is -0.370. The molecule has 0 saturated heterocycles. The number of hydrogen-bond donors (Lipinski definition) is 1. The maximum atomic E-state index is 11.6. The first-order chi connectivity index (χ1) is 7.07. The zero-order valence-electron chi connectivity index (χ0n) is 10.6. The van der Waals surface area contributed by atoms with Crippen LogP contribution in [0.1, 0.15) is 65.7 Å². The molecule has 0 amide bonds. The summed E-state index contributed by atoms with van der Waals surface area (Å²) in [5.41, 5.74) is 5.81. The molecule has 0 aliphatic rings. The smallest absolute Gasteiger partial charge is 0.149 e. The number of Topliss-reactive ketones (excluding diaryl/α,β-unsaturated/α-hetero) is 1. The molecule has 1 unspecified atom stereocenters. The van der Waals surface area contributed by atoms with Crippen LogP contribution in [-0.2, 0) is 4.79 Å². The molecule has 2 heteroatoms. The lowest BCUT2D eigenvalue weighted by Gasteiger charge is -2.12. The average Bonchev–Trinajstić information content (AvgIpc) is 2.16. The third-order valence-corrected chi connectivity index (χ3v) is 2.67. The largest absolute Gasteiger partial charge is 0.322 e. The van der Waals surface area contributed by atoms with Crippen molar-refractivity contribution in [1.82, 2.24) is 0 Å². The summed E-state index contributed by atoms with van der Waals surface area (Å²) in [7, 11) is 0. The van der Waals surface area contributed by atoms with E-state index in [0.29, 0.717) is 12.3 Å². The monoisotopic (exact) mass is 213 g/mol. The van der Waals surface area contributed by atoms with Crippen molar-refractivity contribution < 1.29 is 4.79 Å². The molecule has 0 radical (unpaired) electrons. The summed E-state index contributed by atoms with van der Waals surface area (Å²) in [5.74, 6) is 0.768. The second-order valence-corrected chi connectivity index (χ2v) is 4.87. The number of carbonyl (C=O) groups excluding carboxylic acids is 1. The van der Waals surface area contributed by atoms with Crippen molar-refractivity contribution in [2.75, 3.05) is 0 Å². The Morgan fingerprint density at radius 2 is 1.73 bits per heavy atom. The van der Waals surface area contributed by atoms with Crippen LogP contribution in [0, 0.1) is 5.92 Å². The molecule has 0 aromatic heterocycles. The van der Waals surface area contributed by atoms with E-state index in [2.05, 4.69) is 20.8 Å². The highest BCUT2D eigenvalue weighted by Gasteiger charge is 2.13. The molecule has 0 fully saturated rings. The molecule has 0 aliphatic carbocycles. The summed E-state index contributed by atoms with van der Waals surface area (Å²) in [6.45, 7) is 6.41. The Balaban J connectivity index is 3.47. The maximum Gasteiger partial charge on any atom is 0.149 e. The third kappa shape index (κ3) is 8.61. The van der Waals surface area contributed by atoms with Gasteiger partial charge in [0.1, 0.15) is 5.78 Å². The van der Waals surface area contributed by atoms with Gasteiger partial charge in [0.15, 0.2) is 0 Å². The first-order valence-corrected chi connectivity index (χ1v) is 6.36. The van der Waals surface area contributed by atoms with Gasteiger partial charge in [-0.1, -0.05) is 46.5 Å². The average molecular weight is 213 g/mol. The summed E-state index contributed by atoms with van der Waals surface area (Å²) < 4.78 is 0. The lowest BCUT2D eigenvalue weighted by atomic mass is 9.98. The van der Waals surface area contributed by atoms with E-state index in [1.165, 1.54) is 25.7 Å². The fraction of sp³-hybridized carbons (Fsp3) is 0.923. The minimum absolute atomic E-state index is 0.226. The van der Waals surface area contributed by atoms with Crippen molar-refractivity contribution in [3.05, 3.63) is 0 Å². The van der Waals surface area contributed by atoms with Crippen molar-refractivity contribution in [2.24, 2.45) is 11.7 Å². The molecule has 0 aliphatic heterocycles. The predicted octanol–water partition coefficient (Wildman–Crippen LogP) is 3.29. The molecule has 1 atom stereocenters. The molecule has 90 valence electrons. The topological polar surface area (TPSA) is 43.1 Å². The van der Waals surface area contributed by atoms with Gasteiger partial charge in [-0.25, -0.2) is 0 Å². The molecule has 2 N–H and O–H groups in total. The Morgan fingerprint density at radius 3 is 2.27 bits per heavy atom. The van der Waals surface area contributed by atoms with Gasteiger partial charge in [0.25, 0.3) is 0 Å². The molecule has 0 saturated carbocycles. The molecular formula is C13H27NO. The third-order valence-electron chi connectivity index (χ3n) is 2.67. The van der Waals surface area contributed by atoms with Crippen molar-refractivity contribution in [3.8, 4) is 0 Å². The van der Waals surface area contributed by atoms with Gasteiger partial charge >= 0.3 is 0 Å². The molecule has 2 nitrogen and oxygen atoms in total. The number of nitrogens with two attached hydrogens (primary N) is 1. The van der Waals surface area contributed by atoms with Crippen molar-refractivity contribution in [2.45, 2.75) is 71.8 Å². The Morgan fingerprint density at radius 1 is 1.13 bits per heavy atom.